The molecule has 8 nitrogen and oxygen atoms in total. The minimum Gasteiger partial charge on any atom is -0.461 e. The van der Waals surface area contributed by atoms with E-state index in [-0.39, 0.29) is 24.7 Å². The topological polar surface area (TPSA) is 89.5 Å². The molecule has 2 aliphatic heterocycles. The van der Waals surface area contributed by atoms with Crippen LogP contribution in [-0.2, 0) is 37.7 Å². The lowest BCUT2D eigenvalue weighted by molar-refractivity contribution is -0.138. The molecule has 9 heteroatoms. The van der Waals surface area contributed by atoms with Crippen LogP contribution in [0.5, 0.6) is 0 Å². The van der Waals surface area contributed by atoms with Gasteiger partial charge in [-0.05, 0) is 12.8 Å². The molecule has 2 heterocycles. The Hall–Kier alpha value is -0.870. The molecule has 0 aromatic heterocycles. The largest absolute Gasteiger partial charge is 0.461 e. The van der Waals surface area contributed by atoms with E-state index in [0.29, 0.717) is 13.2 Å². The molecule has 0 amide bonds. The standard InChI is InChI=1S/C17H30O8S/c1-5-7-9-20-11-13(21-10-8-6-2)16-15-14(23-17(3,4)24-15)12-22-26(18,19)25-16/h13-14H,5-12H2,1-4H3. The van der Waals surface area contributed by atoms with Crippen LogP contribution < -0.4 is 0 Å². The van der Waals surface area contributed by atoms with Crippen molar-refractivity contribution < 1.29 is 35.7 Å². The second-order valence-electron chi connectivity index (χ2n) is 6.75. The summed E-state index contributed by atoms with van der Waals surface area (Å²) >= 11 is 0. The fourth-order valence-electron chi connectivity index (χ4n) is 2.61. The molecule has 2 unspecified atom stereocenters. The van der Waals surface area contributed by atoms with Crippen molar-refractivity contribution in [2.75, 3.05) is 26.4 Å². The second-order valence-corrected chi connectivity index (χ2v) is 7.97. The van der Waals surface area contributed by atoms with E-state index in [0.717, 1.165) is 25.7 Å². The van der Waals surface area contributed by atoms with Crippen LogP contribution in [-0.4, -0.2) is 52.8 Å². The third kappa shape index (κ3) is 6.09. The van der Waals surface area contributed by atoms with E-state index >= 15 is 0 Å². The van der Waals surface area contributed by atoms with Crippen molar-refractivity contribution in [1.82, 2.24) is 0 Å². The summed E-state index contributed by atoms with van der Waals surface area (Å²) in [7, 11) is -4.21. The van der Waals surface area contributed by atoms with Crippen molar-refractivity contribution in [1.29, 1.82) is 0 Å². The molecule has 0 spiro atoms. The van der Waals surface area contributed by atoms with Gasteiger partial charge >= 0.3 is 10.4 Å². The van der Waals surface area contributed by atoms with Gasteiger partial charge in [0.25, 0.3) is 0 Å². The zero-order valence-electron chi connectivity index (χ0n) is 16.0. The molecular weight excluding hydrogens is 364 g/mol. The summed E-state index contributed by atoms with van der Waals surface area (Å²) < 4.78 is 57.1. The first-order chi connectivity index (χ1) is 12.3. The summed E-state index contributed by atoms with van der Waals surface area (Å²) in [5, 5.41) is 0. The van der Waals surface area contributed by atoms with Crippen LogP contribution in [0, 0.1) is 0 Å². The highest BCUT2D eigenvalue weighted by Crippen LogP contribution is 2.37. The number of ether oxygens (including phenoxy) is 4. The second kappa shape index (κ2) is 9.36. The average molecular weight is 394 g/mol. The smallest absolute Gasteiger partial charge is 0.449 e. The highest BCUT2D eigenvalue weighted by molar-refractivity contribution is 7.82. The zero-order chi connectivity index (χ0) is 19.2. The molecule has 0 aliphatic carbocycles. The summed E-state index contributed by atoms with van der Waals surface area (Å²) in [5.41, 5.74) is 0. The van der Waals surface area contributed by atoms with E-state index in [1.165, 1.54) is 0 Å². The maximum absolute atomic E-state index is 12.0. The summed E-state index contributed by atoms with van der Waals surface area (Å²) in [6, 6.07) is 0. The van der Waals surface area contributed by atoms with Crippen LogP contribution in [0.25, 0.3) is 0 Å². The van der Waals surface area contributed by atoms with Crippen LogP contribution in [0.2, 0.25) is 0 Å². The third-order valence-electron chi connectivity index (χ3n) is 3.89. The minimum absolute atomic E-state index is 0.0469. The number of rotatable bonds is 10. The Morgan fingerprint density at radius 1 is 1.19 bits per heavy atom. The number of unbranched alkanes of at least 4 members (excludes halogenated alkanes) is 2. The molecule has 1 fully saturated rings. The molecule has 0 radical (unpaired) electrons. The Kier molecular flexibility index (Phi) is 7.72. The number of fused-ring (bicyclic) bond motifs is 1. The molecule has 2 atom stereocenters. The molecule has 152 valence electrons. The average Bonchev–Trinajstić information content (AvgIpc) is 2.82. The highest BCUT2D eigenvalue weighted by atomic mass is 32.3. The molecule has 2 aliphatic rings. The predicted octanol–water partition coefficient (Wildman–Crippen LogP) is 2.64. The van der Waals surface area contributed by atoms with Crippen LogP contribution in [0.15, 0.2) is 11.5 Å². The van der Waals surface area contributed by atoms with E-state index < -0.39 is 28.4 Å². The van der Waals surface area contributed by atoms with Gasteiger partial charge in [-0.1, -0.05) is 26.7 Å². The lowest BCUT2D eigenvalue weighted by Crippen LogP contribution is -2.28. The van der Waals surface area contributed by atoms with Crippen molar-refractivity contribution in [3.63, 3.8) is 0 Å². The third-order valence-corrected chi connectivity index (χ3v) is 4.70. The van der Waals surface area contributed by atoms with Crippen molar-refractivity contribution in [3.8, 4) is 0 Å². The molecule has 26 heavy (non-hydrogen) atoms. The van der Waals surface area contributed by atoms with Crippen LogP contribution in [0.3, 0.4) is 0 Å². The molecule has 0 saturated carbocycles. The Morgan fingerprint density at radius 2 is 1.88 bits per heavy atom. The zero-order valence-corrected chi connectivity index (χ0v) is 16.8. The first kappa shape index (κ1) is 21.4. The van der Waals surface area contributed by atoms with Gasteiger partial charge in [-0.25, -0.2) is 4.18 Å². The molecule has 0 aromatic carbocycles. The lowest BCUT2D eigenvalue weighted by atomic mass is 10.2. The van der Waals surface area contributed by atoms with E-state index in [4.69, 9.17) is 27.3 Å². The van der Waals surface area contributed by atoms with Crippen LogP contribution in [0.1, 0.15) is 53.4 Å². The maximum Gasteiger partial charge on any atom is 0.449 e. The predicted molar refractivity (Wildman–Crippen MR) is 93.4 cm³/mol. The highest BCUT2D eigenvalue weighted by Gasteiger charge is 2.46. The Labute approximate surface area is 156 Å². The monoisotopic (exact) mass is 394 g/mol. The van der Waals surface area contributed by atoms with Gasteiger partial charge in [0.2, 0.25) is 5.79 Å². The molecule has 2 rings (SSSR count). The first-order valence-electron chi connectivity index (χ1n) is 9.17. The number of hydrogen-bond donors (Lipinski definition) is 0. The molecule has 0 N–H and O–H groups in total. The fourth-order valence-corrected chi connectivity index (χ4v) is 3.36. The summed E-state index contributed by atoms with van der Waals surface area (Å²) in [6.45, 7) is 8.56. The lowest BCUT2D eigenvalue weighted by Gasteiger charge is -2.22. The van der Waals surface area contributed by atoms with Crippen molar-refractivity contribution in [2.24, 2.45) is 0 Å². The van der Waals surface area contributed by atoms with Gasteiger partial charge in [0.15, 0.2) is 11.5 Å². The maximum atomic E-state index is 12.0. The van der Waals surface area contributed by atoms with E-state index in [9.17, 15) is 8.42 Å². The fraction of sp³-hybridized carbons (Fsp3) is 0.882. The minimum atomic E-state index is -4.21. The first-order valence-corrected chi connectivity index (χ1v) is 10.5. The quantitative estimate of drug-likeness (QED) is 0.523. The van der Waals surface area contributed by atoms with E-state index in [2.05, 4.69) is 6.92 Å². The molecular formula is C17H30O8S. The Bertz CT molecular complexity index is 584. The summed E-state index contributed by atoms with van der Waals surface area (Å²) in [4.78, 5) is 0. The Balaban J connectivity index is 2.25. The number of hydrogen-bond acceptors (Lipinski definition) is 8. The van der Waals surface area contributed by atoms with E-state index in [1.54, 1.807) is 13.8 Å². The van der Waals surface area contributed by atoms with Crippen LogP contribution >= 0.6 is 0 Å². The van der Waals surface area contributed by atoms with Crippen molar-refractivity contribution in [2.45, 2.75) is 71.4 Å². The van der Waals surface area contributed by atoms with Gasteiger partial charge in [-0.15, -0.1) is 0 Å². The van der Waals surface area contributed by atoms with Crippen molar-refractivity contribution in [3.05, 3.63) is 11.5 Å². The van der Waals surface area contributed by atoms with Gasteiger partial charge in [0, 0.05) is 27.1 Å². The van der Waals surface area contributed by atoms with Gasteiger partial charge in [0.05, 0.1) is 6.61 Å². The van der Waals surface area contributed by atoms with Gasteiger partial charge in [-0.3, -0.25) is 0 Å². The molecule has 0 bridgehead atoms. The molecule has 1 saturated heterocycles. The van der Waals surface area contributed by atoms with Gasteiger partial charge in [-0.2, -0.15) is 8.42 Å². The summed E-state index contributed by atoms with van der Waals surface area (Å²) in [6.07, 6.45) is 2.30. The van der Waals surface area contributed by atoms with Gasteiger partial charge < -0.3 is 23.1 Å². The van der Waals surface area contributed by atoms with Crippen LogP contribution in [0.4, 0.5) is 0 Å². The van der Waals surface area contributed by atoms with E-state index in [1.807, 2.05) is 6.92 Å². The van der Waals surface area contributed by atoms with Gasteiger partial charge in [0.1, 0.15) is 18.8 Å². The van der Waals surface area contributed by atoms with Crippen molar-refractivity contribution >= 4 is 10.4 Å². The summed E-state index contributed by atoms with van der Waals surface area (Å²) in [5.74, 6) is -0.571. The Morgan fingerprint density at radius 3 is 2.58 bits per heavy atom. The SMILES string of the molecule is CCCCOCC(OCCCC)C1=C2OC(C)(C)OC2COS(=O)(=O)O1. The molecule has 0 aromatic rings. The normalized spacial score (nSPS) is 25.2.